The van der Waals surface area contributed by atoms with Crippen molar-refractivity contribution in [2.75, 3.05) is 11.4 Å². The number of carbonyl (C=O) groups is 2. The number of halogens is 1. The number of anilines is 1. The van der Waals surface area contributed by atoms with E-state index in [9.17, 15) is 9.59 Å². The van der Waals surface area contributed by atoms with Gasteiger partial charge in [0.25, 0.3) is 0 Å². The van der Waals surface area contributed by atoms with Crippen LogP contribution < -0.4 is 4.90 Å². The SMILES string of the molecule is CC(=O)N1CC(CC(=O)O)c2cccc(Cl)c21. The van der Waals surface area contributed by atoms with Gasteiger partial charge in [-0.15, -0.1) is 0 Å². The average Bonchev–Trinajstić information content (AvgIpc) is 2.58. The lowest BCUT2D eigenvalue weighted by Crippen LogP contribution is -2.27. The molecule has 0 radical (unpaired) electrons. The van der Waals surface area contributed by atoms with Gasteiger partial charge in [0.1, 0.15) is 0 Å². The Morgan fingerprint density at radius 1 is 1.53 bits per heavy atom. The van der Waals surface area contributed by atoms with Crippen molar-refractivity contribution >= 4 is 29.2 Å². The molecule has 5 heteroatoms. The molecule has 1 aromatic carbocycles. The Morgan fingerprint density at radius 3 is 2.82 bits per heavy atom. The molecule has 0 spiro atoms. The number of nitrogens with zero attached hydrogens (tertiary/aromatic N) is 1. The molecule has 1 unspecified atom stereocenters. The summed E-state index contributed by atoms with van der Waals surface area (Å²) in [7, 11) is 0. The average molecular weight is 254 g/mol. The highest BCUT2D eigenvalue weighted by Gasteiger charge is 2.33. The Morgan fingerprint density at radius 2 is 2.24 bits per heavy atom. The Labute approximate surface area is 104 Å². The Kier molecular flexibility index (Phi) is 3.07. The van der Waals surface area contributed by atoms with E-state index in [1.807, 2.05) is 6.07 Å². The number of aliphatic carboxylic acids is 1. The van der Waals surface area contributed by atoms with Crippen LogP contribution in [0.2, 0.25) is 5.02 Å². The second kappa shape index (κ2) is 4.37. The first-order chi connectivity index (χ1) is 8.00. The van der Waals surface area contributed by atoms with Crippen molar-refractivity contribution in [2.24, 2.45) is 0 Å². The van der Waals surface area contributed by atoms with Gasteiger partial charge in [0.05, 0.1) is 17.1 Å². The van der Waals surface area contributed by atoms with Gasteiger partial charge >= 0.3 is 5.97 Å². The molecule has 1 heterocycles. The number of carbonyl (C=O) groups excluding carboxylic acids is 1. The molecule has 1 aliphatic rings. The fourth-order valence-electron chi connectivity index (χ4n) is 2.23. The molecule has 2 rings (SSSR count). The van der Waals surface area contributed by atoms with E-state index in [-0.39, 0.29) is 18.2 Å². The summed E-state index contributed by atoms with van der Waals surface area (Å²) in [5, 5.41) is 9.35. The highest BCUT2D eigenvalue weighted by Crippen LogP contribution is 2.42. The van der Waals surface area contributed by atoms with Crippen molar-refractivity contribution in [2.45, 2.75) is 19.3 Å². The maximum absolute atomic E-state index is 11.5. The smallest absolute Gasteiger partial charge is 0.304 e. The summed E-state index contributed by atoms with van der Waals surface area (Å²) >= 11 is 6.07. The van der Waals surface area contributed by atoms with E-state index in [0.29, 0.717) is 17.3 Å². The normalized spacial score (nSPS) is 18.0. The van der Waals surface area contributed by atoms with Crippen molar-refractivity contribution in [3.05, 3.63) is 28.8 Å². The molecule has 0 fully saturated rings. The minimum atomic E-state index is -0.869. The maximum atomic E-state index is 11.5. The number of rotatable bonds is 2. The molecule has 1 N–H and O–H groups in total. The number of hydrogen-bond acceptors (Lipinski definition) is 2. The largest absolute Gasteiger partial charge is 0.481 e. The topological polar surface area (TPSA) is 57.6 Å². The molecule has 0 saturated heterocycles. The van der Waals surface area contributed by atoms with Crippen LogP contribution in [-0.4, -0.2) is 23.5 Å². The first-order valence-electron chi connectivity index (χ1n) is 5.29. The molecule has 0 saturated carbocycles. The fraction of sp³-hybridized carbons (Fsp3) is 0.333. The summed E-state index contributed by atoms with van der Waals surface area (Å²) in [6.07, 6.45) is 0.0110. The predicted octanol–water partition coefficient (Wildman–Crippen LogP) is 2.26. The molecule has 0 bridgehead atoms. The van der Waals surface area contributed by atoms with E-state index in [1.54, 1.807) is 17.0 Å². The molecule has 1 amide bonds. The van der Waals surface area contributed by atoms with Gasteiger partial charge in [-0.05, 0) is 11.6 Å². The highest BCUT2D eigenvalue weighted by molar-refractivity contribution is 6.34. The Bertz CT molecular complexity index is 487. The summed E-state index contributed by atoms with van der Waals surface area (Å²) in [4.78, 5) is 23.8. The Balaban J connectivity index is 2.44. The van der Waals surface area contributed by atoms with E-state index < -0.39 is 5.97 Å². The van der Waals surface area contributed by atoms with Crippen LogP contribution in [0.4, 0.5) is 5.69 Å². The highest BCUT2D eigenvalue weighted by atomic mass is 35.5. The molecule has 17 heavy (non-hydrogen) atoms. The zero-order valence-corrected chi connectivity index (χ0v) is 10.1. The molecule has 1 aromatic rings. The van der Waals surface area contributed by atoms with Gasteiger partial charge < -0.3 is 10.0 Å². The molecular weight excluding hydrogens is 242 g/mol. The number of para-hydroxylation sites is 1. The van der Waals surface area contributed by atoms with Gasteiger partial charge in [-0.25, -0.2) is 0 Å². The summed E-state index contributed by atoms with van der Waals surface area (Å²) in [6, 6.07) is 5.32. The monoisotopic (exact) mass is 253 g/mol. The van der Waals surface area contributed by atoms with Gasteiger partial charge in [-0.2, -0.15) is 0 Å². The molecular formula is C12H12ClNO3. The number of benzene rings is 1. The molecule has 0 aromatic heterocycles. The van der Waals surface area contributed by atoms with Crippen LogP contribution in [0.3, 0.4) is 0 Å². The number of fused-ring (bicyclic) bond motifs is 1. The van der Waals surface area contributed by atoms with Crippen molar-refractivity contribution in [1.29, 1.82) is 0 Å². The predicted molar refractivity (Wildman–Crippen MR) is 64.5 cm³/mol. The van der Waals surface area contributed by atoms with Gasteiger partial charge in [-0.3, -0.25) is 9.59 Å². The maximum Gasteiger partial charge on any atom is 0.304 e. The number of carboxylic acids is 1. The summed E-state index contributed by atoms with van der Waals surface area (Å²) in [6.45, 7) is 1.84. The van der Waals surface area contributed by atoms with Crippen LogP contribution in [0.15, 0.2) is 18.2 Å². The minimum Gasteiger partial charge on any atom is -0.481 e. The molecule has 1 aliphatic heterocycles. The number of carboxylic acid groups (broad SMARTS) is 1. The first kappa shape index (κ1) is 11.9. The van der Waals surface area contributed by atoms with E-state index in [4.69, 9.17) is 16.7 Å². The third-order valence-corrected chi connectivity index (χ3v) is 3.24. The lowest BCUT2D eigenvalue weighted by molar-refractivity contribution is -0.137. The van der Waals surface area contributed by atoms with E-state index in [0.717, 1.165) is 5.56 Å². The third kappa shape index (κ3) is 2.13. The van der Waals surface area contributed by atoms with E-state index in [1.165, 1.54) is 6.92 Å². The molecule has 0 aliphatic carbocycles. The standard InChI is InChI=1S/C12H12ClNO3/c1-7(15)14-6-8(5-11(16)17)9-3-2-4-10(13)12(9)14/h2-4,8H,5-6H2,1H3,(H,16,17). The minimum absolute atomic E-state index is 0.0110. The Hall–Kier alpha value is -1.55. The quantitative estimate of drug-likeness (QED) is 0.880. The van der Waals surface area contributed by atoms with Crippen molar-refractivity contribution in [3.8, 4) is 0 Å². The van der Waals surface area contributed by atoms with Crippen LogP contribution in [-0.2, 0) is 9.59 Å². The van der Waals surface area contributed by atoms with E-state index in [2.05, 4.69) is 0 Å². The molecule has 4 nitrogen and oxygen atoms in total. The molecule has 1 atom stereocenters. The summed E-state index contributed by atoms with van der Waals surface area (Å²) in [5.74, 6) is -1.16. The van der Waals surface area contributed by atoms with Gasteiger partial charge in [0, 0.05) is 19.4 Å². The van der Waals surface area contributed by atoms with Crippen molar-refractivity contribution < 1.29 is 14.7 Å². The number of hydrogen-bond donors (Lipinski definition) is 1. The first-order valence-corrected chi connectivity index (χ1v) is 5.66. The fourth-order valence-corrected chi connectivity index (χ4v) is 2.51. The summed E-state index contributed by atoms with van der Waals surface area (Å²) < 4.78 is 0. The van der Waals surface area contributed by atoms with Gasteiger partial charge in [0.2, 0.25) is 5.91 Å². The van der Waals surface area contributed by atoms with Gasteiger partial charge in [-0.1, -0.05) is 23.7 Å². The van der Waals surface area contributed by atoms with Gasteiger partial charge in [0.15, 0.2) is 0 Å². The van der Waals surface area contributed by atoms with Crippen LogP contribution in [0.25, 0.3) is 0 Å². The lowest BCUT2D eigenvalue weighted by atomic mass is 9.98. The third-order valence-electron chi connectivity index (χ3n) is 2.93. The van der Waals surface area contributed by atoms with Crippen molar-refractivity contribution in [1.82, 2.24) is 0 Å². The van der Waals surface area contributed by atoms with Crippen LogP contribution in [0.1, 0.15) is 24.8 Å². The second-order valence-electron chi connectivity index (χ2n) is 4.10. The summed E-state index contributed by atoms with van der Waals surface area (Å²) in [5.41, 5.74) is 1.50. The zero-order valence-electron chi connectivity index (χ0n) is 9.31. The number of amides is 1. The van der Waals surface area contributed by atoms with Crippen LogP contribution in [0.5, 0.6) is 0 Å². The van der Waals surface area contributed by atoms with Crippen LogP contribution in [0, 0.1) is 0 Å². The second-order valence-corrected chi connectivity index (χ2v) is 4.51. The van der Waals surface area contributed by atoms with Crippen molar-refractivity contribution in [3.63, 3.8) is 0 Å². The zero-order chi connectivity index (χ0) is 12.6. The van der Waals surface area contributed by atoms with E-state index >= 15 is 0 Å². The molecule has 90 valence electrons. The van der Waals surface area contributed by atoms with Crippen LogP contribution >= 0.6 is 11.6 Å². The lowest BCUT2D eigenvalue weighted by Gasteiger charge is -2.15.